The molecule has 0 aliphatic carbocycles. The highest BCUT2D eigenvalue weighted by Gasteiger charge is 2.32. The number of hydrogen-bond acceptors (Lipinski definition) is 6. The summed E-state index contributed by atoms with van der Waals surface area (Å²) in [4.78, 5) is 26.1. The Morgan fingerprint density at radius 1 is 1.12 bits per heavy atom. The van der Waals surface area contributed by atoms with Crippen molar-refractivity contribution >= 4 is 55.9 Å². The maximum absolute atomic E-state index is 12.7. The number of sulfone groups is 1. The summed E-state index contributed by atoms with van der Waals surface area (Å²) in [6, 6.07) is 2.77. The molecule has 0 saturated heterocycles. The van der Waals surface area contributed by atoms with Crippen molar-refractivity contribution in [1.29, 1.82) is 0 Å². The molecule has 1 aromatic carbocycles. The number of esters is 2. The van der Waals surface area contributed by atoms with Crippen molar-refractivity contribution in [2.45, 2.75) is 18.7 Å². The number of benzene rings is 1. The van der Waals surface area contributed by atoms with Crippen molar-refractivity contribution in [3.63, 3.8) is 0 Å². The molecule has 0 fully saturated rings. The maximum Gasteiger partial charge on any atom is 0.356 e. The van der Waals surface area contributed by atoms with Gasteiger partial charge in [0.2, 0.25) is 0 Å². The summed E-state index contributed by atoms with van der Waals surface area (Å²) in [5.41, 5.74) is -0.0756. The minimum absolute atomic E-state index is 0.0248. The second kappa shape index (κ2) is 7.63. The number of aromatic nitrogens is 1. The number of carbonyl (C=O) groups excluding carboxylic acids is 2. The number of hydrogen-bond donors (Lipinski definition) is 1. The van der Waals surface area contributed by atoms with Gasteiger partial charge in [0.05, 0.1) is 23.8 Å². The highest BCUT2D eigenvalue weighted by molar-refractivity contribution is 7.92. The quantitative estimate of drug-likeness (QED) is 0.738. The largest absolute Gasteiger partial charge is 0.465 e. The van der Waals surface area contributed by atoms with Crippen molar-refractivity contribution < 1.29 is 27.5 Å². The standard InChI is InChI=1S/C15H15Cl2NO6S/c1-3-23-11(19)7-25(21,22)14-12-9(17)5-8(16)6-10(12)18-13(14)15(20)24-4-2/h5-6,18H,3-4,7H2,1-2H3. The predicted molar refractivity (Wildman–Crippen MR) is 93.0 cm³/mol. The van der Waals surface area contributed by atoms with Gasteiger partial charge >= 0.3 is 11.9 Å². The van der Waals surface area contributed by atoms with E-state index in [4.69, 9.17) is 27.9 Å². The number of H-pyrrole nitrogens is 1. The Labute approximate surface area is 154 Å². The lowest BCUT2D eigenvalue weighted by atomic mass is 10.2. The lowest BCUT2D eigenvalue weighted by Gasteiger charge is -2.07. The summed E-state index contributed by atoms with van der Waals surface area (Å²) in [5, 5.41) is 0.346. The smallest absolute Gasteiger partial charge is 0.356 e. The summed E-state index contributed by atoms with van der Waals surface area (Å²) in [5.74, 6) is -2.75. The van der Waals surface area contributed by atoms with Gasteiger partial charge in [0.25, 0.3) is 0 Å². The number of fused-ring (bicyclic) bond motifs is 1. The van der Waals surface area contributed by atoms with E-state index in [9.17, 15) is 18.0 Å². The van der Waals surface area contributed by atoms with Crippen molar-refractivity contribution in [2.24, 2.45) is 0 Å². The molecule has 0 unspecified atom stereocenters. The second-order valence-corrected chi connectivity index (χ2v) is 7.69. The normalized spacial score (nSPS) is 11.5. The minimum atomic E-state index is -4.23. The average molecular weight is 408 g/mol. The van der Waals surface area contributed by atoms with E-state index in [1.807, 2.05) is 0 Å². The lowest BCUT2D eigenvalue weighted by Crippen LogP contribution is -2.21. The van der Waals surface area contributed by atoms with Crippen LogP contribution >= 0.6 is 23.2 Å². The first-order valence-electron chi connectivity index (χ1n) is 7.27. The first kappa shape index (κ1) is 19.6. The summed E-state index contributed by atoms with van der Waals surface area (Å²) in [6.07, 6.45) is 0. The van der Waals surface area contributed by atoms with Crippen LogP contribution in [0.1, 0.15) is 24.3 Å². The third-order valence-electron chi connectivity index (χ3n) is 3.17. The number of aromatic amines is 1. The molecular formula is C15H15Cl2NO6S. The molecule has 1 heterocycles. The Kier molecular flexibility index (Phi) is 5.97. The van der Waals surface area contributed by atoms with Gasteiger partial charge in [0, 0.05) is 10.4 Å². The molecule has 10 heteroatoms. The van der Waals surface area contributed by atoms with Crippen LogP contribution in [0.4, 0.5) is 0 Å². The topological polar surface area (TPSA) is 103 Å². The zero-order valence-electron chi connectivity index (χ0n) is 13.4. The van der Waals surface area contributed by atoms with Crippen LogP contribution in [-0.2, 0) is 24.1 Å². The molecule has 0 aliphatic rings. The van der Waals surface area contributed by atoms with E-state index in [0.717, 1.165) is 0 Å². The van der Waals surface area contributed by atoms with Crippen molar-refractivity contribution in [1.82, 2.24) is 4.98 Å². The summed E-state index contributed by atoms with van der Waals surface area (Å²) >= 11 is 12.1. The van der Waals surface area contributed by atoms with Gasteiger partial charge in [-0.2, -0.15) is 0 Å². The van der Waals surface area contributed by atoms with Gasteiger partial charge in [0.15, 0.2) is 15.6 Å². The van der Waals surface area contributed by atoms with E-state index in [1.54, 1.807) is 13.8 Å². The van der Waals surface area contributed by atoms with Crippen LogP contribution in [0.15, 0.2) is 17.0 Å². The van der Waals surface area contributed by atoms with Crippen molar-refractivity contribution in [3.8, 4) is 0 Å². The van der Waals surface area contributed by atoms with Crippen LogP contribution < -0.4 is 0 Å². The molecule has 1 N–H and O–H groups in total. The highest BCUT2D eigenvalue weighted by Crippen LogP contribution is 2.36. The van der Waals surface area contributed by atoms with Gasteiger partial charge < -0.3 is 14.5 Å². The predicted octanol–water partition coefficient (Wildman–Crippen LogP) is 2.99. The zero-order chi connectivity index (χ0) is 18.8. The van der Waals surface area contributed by atoms with E-state index in [2.05, 4.69) is 9.72 Å². The highest BCUT2D eigenvalue weighted by atomic mass is 35.5. The molecule has 25 heavy (non-hydrogen) atoms. The van der Waals surface area contributed by atoms with E-state index in [-0.39, 0.29) is 39.9 Å². The molecular weight excluding hydrogens is 393 g/mol. The van der Waals surface area contributed by atoms with Gasteiger partial charge in [-0.3, -0.25) is 4.79 Å². The fourth-order valence-corrected chi connectivity index (χ4v) is 4.47. The Balaban J connectivity index is 2.72. The molecule has 7 nitrogen and oxygen atoms in total. The third kappa shape index (κ3) is 4.08. The number of halogens is 2. The SMILES string of the molecule is CCOC(=O)CS(=O)(=O)c1c(C(=O)OCC)[nH]c2cc(Cl)cc(Cl)c12. The van der Waals surface area contributed by atoms with Gasteiger partial charge in [-0.15, -0.1) is 0 Å². The Morgan fingerprint density at radius 2 is 1.76 bits per heavy atom. The average Bonchev–Trinajstić information content (AvgIpc) is 2.87. The summed E-state index contributed by atoms with van der Waals surface area (Å²) in [7, 11) is -4.23. The molecule has 1 aromatic heterocycles. The maximum atomic E-state index is 12.7. The van der Waals surface area contributed by atoms with E-state index < -0.39 is 32.4 Å². The van der Waals surface area contributed by atoms with Crippen LogP contribution in [0, 0.1) is 0 Å². The fourth-order valence-electron chi connectivity index (χ4n) is 2.31. The molecule has 136 valence electrons. The van der Waals surface area contributed by atoms with E-state index in [1.165, 1.54) is 12.1 Å². The third-order valence-corrected chi connectivity index (χ3v) is 5.33. The Morgan fingerprint density at radius 3 is 2.36 bits per heavy atom. The Hall–Kier alpha value is -1.77. The molecule has 0 spiro atoms. The van der Waals surface area contributed by atoms with E-state index >= 15 is 0 Å². The molecule has 0 atom stereocenters. The van der Waals surface area contributed by atoms with Gasteiger partial charge in [0.1, 0.15) is 10.6 Å². The Bertz CT molecular complexity index is 935. The van der Waals surface area contributed by atoms with Gasteiger partial charge in [-0.05, 0) is 26.0 Å². The second-order valence-electron chi connectivity index (χ2n) is 4.92. The van der Waals surface area contributed by atoms with Crippen LogP contribution in [-0.4, -0.2) is 44.3 Å². The molecule has 2 rings (SSSR count). The zero-order valence-corrected chi connectivity index (χ0v) is 15.7. The van der Waals surface area contributed by atoms with Crippen molar-refractivity contribution in [3.05, 3.63) is 27.9 Å². The van der Waals surface area contributed by atoms with Gasteiger partial charge in [-0.1, -0.05) is 23.2 Å². The molecule has 0 amide bonds. The number of ether oxygens (including phenoxy) is 2. The molecule has 0 aliphatic heterocycles. The monoisotopic (exact) mass is 407 g/mol. The molecule has 0 radical (unpaired) electrons. The van der Waals surface area contributed by atoms with E-state index in [0.29, 0.717) is 0 Å². The fraction of sp³-hybridized carbons (Fsp3) is 0.333. The minimum Gasteiger partial charge on any atom is -0.465 e. The van der Waals surface area contributed by atoms with Crippen LogP contribution in [0.2, 0.25) is 10.0 Å². The summed E-state index contributed by atoms with van der Waals surface area (Å²) in [6.45, 7) is 3.21. The van der Waals surface area contributed by atoms with Gasteiger partial charge in [-0.25, -0.2) is 13.2 Å². The van der Waals surface area contributed by atoms with Crippen LogP contribution in [0.5, 0.6) is 0 Å². The number of carbonyl (C=O) groups is 2. The van der Waals surface area contributed by atoms with Crippen molar-refractivity contribution in [2.75, 3.05) is 19.0 Å². The van der Waals surface area contributed by atoms with Crippen LogP contribution in [0.25, 0.3) is 10.9 Å². The first-order chi connectivity index (χ1) is 11.7. The molecule has 0 bridgehead atoms. The number of rotatable bonds is 6. The molecule has 0 saturated carbocycles. The lowest BCUT2D eigenvalue weighted by molar-refractivity contribution is -0.139. The number of nitrogens with one attached hydrogen (secondary N) is 1. The first-order valence-corrected chi connectivity index (χ1v) is 9.68. The molecule has 2 aromatic rings. The summed E-state index contributed by atoms with van der Waals surface area (Å²) < 4.78 is 35.1. The van der Waals surface area contributed by atoms with Crippen LogP contribution in [0.3, 0.4) is 0 Å².